The topological polar surface area (TPSA) is 42.1 Å². The lowest BCUT2D eigenvalue weighted by atomic mass is 10.1. The predicted octanol–water partition coefficient (Wildman–Crippen LogP) is 0.782. The number of nitrogens with zero attached hydrogens (tertiary/aromatic N) is 2. The first-order valence-corrected chi connectivity index (χ1v) is 4.11. The smallest absolute Gasteiger partial charge is 0.146 e. The number of nitrogens with two attached hydrogens (primary N) is 1. The van der Waals surface area contributed by atoms with Crippen LogP contribution in [0.15, 0.2) is 18.5 Å². The van der Waals surface area contributed by atoms with Crippen molar-refractivity contribution in [1.82, 2.24) is 9.88 Å². The van der Waals surface area contributed by atoms with Crippen LogP contribution in [0.1, 0.15) is 11.6 Å². The molecule has 0 amide bonds. The van der Waals surface area contributed by atoms with Crippen molar-refractivity contribution in [2.75, 3.05) is 20.6 Å². The van der Waals surface area contributed by atoms with Crippen LogP contribution < -0.4 is 5.73 Å². The van der Waals surface area contributed by atoms with E-state index in [4.69, 9.17) is 5.73 Å². The highest BCUT2D eigenvalue weighted by Gasteiger charge is 2.11. The van der Waals surface area contributed by atoms with Crippen LogP contribution in [-0.2, 0) is 0 Å². The van der Waals surface area contributed by atoms with Crippen molar-refractivity contribution in [3.05, 3.63) is 29.8 Å². The second kappa shape index (κ2) is 4.30. The quantitative estimate of drug-likeness (QED) is 0.753. The lowest BCUT2D eigenvalue weighted by molar-refractivity contribution is 0.371. The summed E-state index contributed by atoms with van der Waals surface area (Å²) in [6.07, 6.45) is 2.73. The first-order chi connectivity index (χ1) is 6.11. The molecule has 1 aromatic heterocycles. The SMILES string of the molecule is CN(C)CC(N)c1ccncc1F. The Labute approximate surface area is 77.4 Å². The summed E-state index contributed by atoms with van der Waals surface area (Å²) in [5, 5.41) is 0. The van der Waals surface area contributed by atoms with E-state index in [0.29, 0.717) is 12.1 Å². The maximum atomic E-state index is 13.1. The van der Waals surface area contributed by atoms with Crippen molar-refractivity contribution in [1.29, 1.82) is 0 Å². The zero-order chi connectivity index (χ0) is 9.84. The number of aromatic nitrogens is 1. The lowest BCUT2D eigenvalue weighted by Gasteiger charge is -2.17. The monoisotopic (exact) mass is 183 g/mol. The molecule has 1 heterocycles. The first kappa shape index (κ1) is 10.1. The molecule has 72 valence electrons. The van der Waals surface area contributed by atoms with Gasteiger partial charge in [0.25, 0.3) is 0 Å². The molecule has 0 saturated heterocycles. The zero-order valence-electron chi connectivity index (χ0n) is 7.87. The fourth-order valence-corrected chi connectivity index (χ4v) is 1.18. The average Bonchev–Trinajstić information content (AvgIpc) is 2.03. The van der Waals surface area contributed by atoms with Crippen LogP contribution in [0.5, 0.6) is 0 Å². The molecule has 0 aliphatic carbocycles. The average molecular weight is 183 g/mol. The third kappa shape index (κ3) is 2.75. The third-order valence-electron chi connectivity index (χ3n) is 1.77. The van der Waals surface area contributed by atoms with E-state index in [-0.39, 0.29) is 11.9 Å². The minimum atomic E-state index is -0.336. The molecule has 1 atom stereocenters. The van der Waals surface area contributed by atoms with Gasteiger partial charge in [-0.1, -0.05) is 0 Å². The van der Waals surface area contributed by atoms with Crippen LogP contribution in [0.3, 0.4) is 0 Å². The maximum absolute atomic E-state index is 13.1. The minimum Gasteiger partial charge on any atom is -0.323 e. The molecular weight excluding hydrogens is 169 g/mol. The molecule has 0 saturated carbocycles. The number of likely N-dealkylation sites (N-methyl/N-ethyl adjacent to an activating group) is 1. The van der Waals surface area contributed by atoms with Crippen LogP contribution in [-0.4, -0.2) is 30.5 Å². The molecule has 1 rings (SSSR count). The van der Waals surface area contributed by atoms with E-state index in [0.717, 1.165) is 0 Å². The third-order valence-corrected chi connectivity index (χ3v) is 1.77. The van der Waals surface area contributed by atoms with E-state index in [1.54, 1.807) is 12.3 Å². The molecular formula is C9H14FN3. The molecule has 0 spiro atoms. The summed E-state index contributed by atoms with van der Waals surface area (Å²) in [6.45, 7) is 0.626. The van der Waals surface area contributed by atoms with Gasteiger partial charge in [-0.2, -0.15) is 0 Å². The Morgan fingerprint density at radius 3 is 2.85 bits per heavy atom. The van der Waals surface area contributed by atoms with Crippen molar-refractivity contribution >= 4 is 0 Å². The summed E-state index contributed by atoms with van der Waals surface area (Å²) < 4.78 is 13.1. The van der Waals surface area contributed by atoms with Crippen molar-refractivity contribution in [3.8, 4) is 0 Å². The first-order valence-electron chi connectivity index (χ1n) is 4.11. The molecule has 13 heavy (non-hydrogen) atoms. The normalized spacial score (nSPS) is 13.3. The van der Waals surface area contributed by atoms with Gasteiger partial charge in [0.15, 0.2) is 0 Å². The van der Waals surface area contributed by atoms with Gasteiger partial charge in [0.05, 0.1) is 6.20 Å². The van der Waals surface area contributed by atoms with E-state index >= 15 is 0 Å². The Morgan fingerprint density at radius 1 is 1.62 bits per heavy atom. The molecule has 1 aromatic rings. The fraction of sp³-hybridized carbons (Fsp3) is 0.444. The molecule has 0 radical (unpaired) electrons. The van der Waals surface area contributed by atoms with E-state index in [1.165, 1.54) is 6.20 Å². The van der Waals surface area contributed by atoms with Gasteiger partial charge in [0.2, 0.25) is 0 Å². The van der Waals surface area contributed by atoms with Gasteiger partial charge in [-0.15, -0.1) is 0 Å². The molecule has 2 N–H and O–H groups in total. The minimum absolute atomic E-state index is 0.294. The molecule has 0 fully saturated rings. The van der Waals surface area contributed by atoms with Crippen molar-refractivity contribution in [3.63, 3.8) is 0 Å². The van der Waals surface area contributed by atoms with Gasteiger partial charge < -0.3 is 10.6 Å². The fourth-order valence-electron chi connectivity index (χ4n) is 1.18. The highest BCUT2D eigenvalue weighted by Crippen LogP contribution is 2.13. The molecule has 4 heteroatoms. The van der Waals surface area contributed by atoms with Gasteiger partial charge in [0, 0.05) is 24.3 Å². The van der Waals surface area contributed by atoms with E-state index < -0.39 is 0 Å². The van der Waals surface area contributed by atoms with Gasteiger partial charge in [-0.3, -0.25) is 4.98 Å². The second-order valence-electron chi connectivity index (χ2n) is 3.27. The molecule has 0 aliphatic heterocycles. The van der Waals surface area contributed by atoms with Gasteiger partial charge in [-0.05, 0) is 20.2 Å². The van der Waals surface area contributed by atoms with Crippen molar-refractivity contribution in [2.45, 2.75) is 6.04 Å². The molecule has 3 nitrogen and oxygen atoms in total. The molecule has 0 aliphatic rings. The summed E-state index contributed by atoms with van der Waals surface area (Å²) in [5.41, 5.74) is 6.30. The Bertz CT molecular complexity index is 275. The number of pyridine rings is 1. The largest absolute Gasteiger partial charge is 0.323 e. The Hall–Kier alpha value is -1.00. The lowest BCUT2D eigenvalue weighted by Crippen LogP contribution is -2.26. The van der Waals surface area contributed by atoms with Crippen LogP contribution in [0.25, 0.3) is 0 Å². The number of halogens is 1. The van der Waals surface area contributed by atoms with Gasteiger partial charge in [0.1, 0.15) is 5.82 Å². The van der Waals surface area contributed by atoms with Crippen LogP contribution >= 0.6 is 0 Å². The maximum Gasteiger partial charge on any atom is 0.146 e. The van der Waals surface area contributed by atoms with Gasteiger partial charge in [-0.25, -0.2) is 4.39 Å². The van der Waals surface area contributed by atoms with E-state index in [2.05, 4.69) is 4.98 Å². The van der Waals surface area contributed by atoms with Crippen molar-refractivity contribution < 1.29 is 4.39 Å². The molecule has 0 aromatic carbocycles. The van der Waals surface area contributed by atoms with Gasteiger partial charge >= 0.3 is 0 Å². The summed E-state index contributed by atoms with van der Waals surface area (Å²) in [4.78, 5) is 5.58. The number of rotatable bonds is 3. The standard InChI is InChI=1S/C9H14FN3/c1-13(2)6-9(11)7-3-4-12-5-8(7)10/h3-5,9H,6,11H2,1-2H3. The van der Waals surface area contributed by atoms with E-state index in [1.807, 2.05) is 19.0 Å². The second-order valence-corrected chi connectivity index (χ2v) is 3.27. The molecule has 1 unspecified atom stereocenters. The highest BCUT2D eigenvalue weighted by atomic mass is 19.1. The van der Waals surface area contributed by atoms with Crippen LogP contribution in [0.2, 0.25) is 0 Å². The Morgan fingerprint density at radius 2 is 2.31 bits per heavy atom. The predicted molar refractivity (Wildman–Crippen MR) is 49.7 cm³/mol. The summed E-state index contributed by atoms with van der Waals surface area (Å²) in [7, 11) is 3.80. The summed E-state index contributed by atoms with van der Waals surface area (Å²) >= 11 is 0. The van der Waals surface area contributed by atoms with Crippen LogP contribution in [0.4, 0.5) is 4.39 Å². The summed E-state index contributed by atoms with van der Waals surface area (Å²) in [6, 6.07) is 1.32. The highest BCUT2D eigenvalue weighted by molar-refractivity contribution is 5.17. The zero-order valence-corrected chi connectivity index (χ0v) is 7.87. The number of hydrogen-bond donors (Lipinski definition) is 1. The van der Waals surface area contributed by atoms with E-state index in [9.17, 15) is 4.39 Å². The number of hydrogen-bond acceptors (Lipinski definition) is 3. The summed E-state index contributed by atoms with van der Waals surface area (Å²) in [5.74, 6) is -0.336. The Kier molecular flexibility index (Phi) is 3.33. The van der Waals surface area contributed by atoms with Crippen LogP contribution in [0, 0.1) is 5.82 Å². The Balaban J connectivity index is 2.76. The van der Waals surface area contributed by atoms with Crippen molar-refractivity contribution in [2.24, 2.45) is 5.73 Å². The molecule has 0 bridgehead atoms.